The number of aromatic nitrogens is 4. The van der Waals surface area contributed by atoms with Crippen molar-refractivity contribution >= 4 is 22.7 Å². The van der Waals surface area contributed by atoms with Crippen molar-refractivity contribution in [2.45, 2.75) is 17.8 Å². The van der Waals surface area contributed by atoms with Gasteiger partial charge in [-0.1, -0.05) is 30.0 Å². The fourth-order valence-corrected chi connectivity index (χ4v) is 4.25. The highest BCUT2D eigenvalue weighted by molar-refractivity contribution is 7.98. The van der Waals surface area contributed by atoms with Crippen LogP contribution in [0.5, 0.6) is 0 Å². The highest BCUT2D eigenvalue weighted by atomic mass is 32.2. The van der Waals surface area contributed by atoms with Crippen LogP contribution in [-0.2, 0) is 19.8 Å². The Bertz CT molecular complexity index is 1500. The van der Waals surface area contributed by atoms with Gasteiger partial charge in [-0.25, -0.2) is 14.2 Å². The van der Waals surface area contributed by atoms with E-state index in [0.717, 1.165) is 4.57 Å². The smallest absolute Gasteiger partial charge is 0.300 e. The lowest BCUT2D eigenvalue weighted by molar-refractivity contribution is 0.615. The number of rotatable bonds is 4. The minimum Gasteiger partial charge on any atom is -0.300 e. The highest BCUT2D eigenvalue weighted by Crippen LogP contribution is 2.24. The van der Waals surface area contributed by atoms with Crippen LogP contribution in [0.3, 0.4) is 0 Å². The molecule has 9 heteroatoms. The van der Waals surface area contributed by atoms with Gasteiger partial charge in [0.15, 0.2) is 5.16 Å². The number of fused-ring (bicyclic) bond motifs is 1. The zero-order valence-electron chi connectivity index (χ0n) is 17.1. The molecule has 0 bridgehead atoms. The topological polar surface area (TPSA) is 78.9 Å². The van der Waals surface area contributed by atoms with E-state index in [1.165, 1.54) is 40.1 Å². The molecule has 2 aromatic carbocycles. The van der Waals surface area contributed by atoms with Crippen molar-refractivity contribution in [3.63, 3.8) is 0 Å². The van der Waals surface area contributed by atoms with E-state index in [1.54, 1.807) is 50.4 Å². The number of nitrogens with zero attached hydrogens (tertiary/aromatic N) is 4. The molecule has 0 atom stereocenters. The summed E-state index contributed by atoms with van der Waals surface area (Å²) in [5.74, 6) is -0.205. The third-order valence-corrected chi connectivity index (χ3v) is 6.11. The maximum atomic E-state index is 14.3. The summed E-state index contributed by atoms with van der Waals surface area (Å²) in [6, 6.07) is 12.9. The first kappa shape index (κ1) is 20.8. The molecule has 0 saturated carbocycles. The summed E-state index contributed by atoms with van der Waals surface area (Å²) in [5, 5.41) is 0.744. The Hall–Kier alpha value is -3.46. The minimum atomic E-state index is -0.437. The van der Waals surface area contributed by atoms with Crippen LogP contribution in [0.25, 0.3) is 16.6 Å². The van der Waals surface area contributed by atoms with Gasteiger partial charge in [0.25, 0.3) is 11.1 Å². The van der Waals surface area contributed by atoms with Gasteiger partial charge in [-0.15, -0.1) is 0 Å². The first-order valence-electron chi connectivity index (χ1n) is 9.45. The van der Waals surface area contributed by atoms with E-state index in [1.807, 2.05) is 0 Å². The molecule has 0 aliphatic carbocycles. The summed E-state index contributed by atoms with van der Waals surface area (Å²) in [6.07, 6.45) is 0. The normalized spacial score (nSPS) is 11.2. The molecule has 158 valence electrons. The summed E-state index contributed by atoms with van der Waals surface area (Å²) in [7, 11) is 2.99. The Morgan fingerprint density at radius 2 is 1.74 bits per heavy atom. The van der Waals surface area contributed by atoms with E-state index in [2.05, 4.69) is 4.98 Å². The average molecular weight is 438 g/mol. The van der Waals surface area contributed by atoms with Crippen molar-refractivity contribution in [2.24, 2.45) is 14.1 Å². The van der Waals surface area contributed by atoms with Crippen LogP contribution in [-0.4, -0.2) is 18.7 Å². The number of para-hydroxylation sites is 1. The number of halogens is 1. The number of hydrogen-bond donors (Lipinski definition) is 0. The van der Waals surface area contributed by atoms with Crippen LogP contribution in [0.1, 0.15) is 11.3 Å². The summed E-state index contributed by atoms with van der Waals surface area (Å²) >= 11 is 1.19. The SMILES string of the molecule is Cc1ccc(-n2c(SCc3cc(=O)n(C)c(=O)n3C)nc3ccccc3c2=O)cc1F. The standard InChI is InChI=1S/C22H19FN4O3S/c1-13-8-9-14(10-17(13)23)27-20(29)16-6-4-5-7-18(16)24-21(27)31-12-15-11-19(28)26(3)22(30)25(15)2/h4-11H,12H2,1-3H3. The van der Waals surface area contributed by atoms with Crippen molar-refractivity contribution < 1.29 is 4.39 Å². The largest absolute Gasteiger partial charge is 0.330 e. The van der Waals surface area contributed by atoms with Crippen LogP contribution in [0, 0.1) is 12.7 Å². The van der Waals surface area contributed by atoms with Crippen LogP contribution in [0.2, 0.25) is 0 Å². The monoisotopic (exact) mass is 438 g/mol. The van der Waals surface area contributed by atoms with Gasteiger partial charge in [-0.05, 0) is 36.8 Å². The van der Waals surface area contributed by atoms with Gasteiger partial charge in [0.1, 0.15) is 5.82 Å². The summed E-state index contributed by atoms with van der Waals surface area (Å²) in [6.45, 7) is 1.65. The van der Waals surface area contributed by atoms with Crippen molar-refractivity contribution in [3.05, 3.63) is 96.8 Å². The Balaban J connectivity index is 1.87. The van der Waals surface area contributed by atoms with Crippen LogP contribution in [0.15, 0.2) is 68.1 Å². The van der Waals surface area contributed by atoms with E-state index >= 15 is 0 Å². The molecule has 4 aromatic rings. The molecule has 7 nitrogen and oxygen atoms in total. The first-order chi connectivity index (χ1) is 14.8. The Kier molecular flexibility index (Phi) is 5.36. The zero-order valence-corrected chi connectivity index (χ0v) is 17.9. The molecule has 4 rings (SSSR count). The Morgan fingerprint density at radius 1 is 1.00 bits per heavy atom. The number of aryl methyl sites for hydroxylation is 1. The van der Waals surface area contributed by atoms with Gasteiger partial charge in [-0.2, -0.15) is 0 Å². The van der Waals surface area contributed by atoms with E-state index in [4.69, 9.17) is 0 Å². The Morgan fingerprint density at radius 3 is 2.48 bits per heavy atom. The highest BCUT2D eigenvalue weighted by Gasteiger charge is 2.16. The van der Waals surface area contributed by atoms with Crippen LogP contribution in [0.4, 0.5) is 4.39 Å². The van der Waals surface area contributed by atoms with Gasteiger partial charge in [0.2, 0.25) is 0 Å². The predicted molar refractivity (Wildman–Crippen MR) is 119 cm³/mol. The second kappa shape index (κ2) is 7.99. The van der Waals surface area contributed by atoms with E-state index in [-0.39, 0.29) is 11.3 Å². The van der Waals surface area contributed by atoms with Crippen molar-refractivity contribution in [2.75, 3.05) is 0 Å². The fraction of sp³-hybridized carbons (Fsp3) is 0.182. The molecule has 0 aliphatic rings. The van der Waals surface area contributed by atoms with Crippen LogP contribution >= 0.6 is 11.8 Å². The van der Waals surface area contributed by atoms with E-state index in [9.17, 15) is 18.8 Å². The molecule has 2 heterocycles. The molecule has 0 amide bonds. The molecule has 0 fully saturated rings. The van der Waals surface area contributed by atoms with Gasteiger partial charge in [-0.3, -0.25) is 23.3 Å². The second-order valence-corrected chi connectivity index (χ2v) is 8.09. The fourth-order valence-electron chi connectivity index (χ4n) is 3.21. The summed E-state index contributed by atoms with van der Waals surface area (Å²) in [4.78, 5) is 42.1. The lowest BCUT2D eigenvalue weighted by atomic mass is 10.2. The molecular formula is C22H19FN4O3S. The lowest BCUT2D eigenvalue weighted by Gasteiger charge is -2.15. The van der Waals surface area contributed by atoms with Crippen molar-refractivity contribution in [1.82, 2.24) is 18.7 Å². The second-order valence-electron chi connectivity index (χ2n) is 7.15. The molecule has 0 aliphatic heterocycles. The van der Waals surface area contributed by atoms with E-state index in [0.29, 0.717) is 33.0 Å². The number of hydrogen-bond acceptors (Lipinski definition) is 5. The third kappa shape index (κ3) is 3.72. The third-order valence-electron chi connectivity index (χ3n) is 5.13. The van der Waals surface area contributed by atoms with Gasteiger partial charge in [0, 0.05) is 31.6 Å². The first-order valence-corrected chi connectivity index (χ1v) is 10.4. The quantitative estimate of drug-likeness (QED) is 0.361. The predicted octanol–water partition coefficient (Wildman–Crippen LogP) is 2.52. The maximum Gasteiger partial charge on any atom is 0.330 e. The number of thioether (sulfide) groups is 1. The van der Waals surface area contributed by atoms with E-state index < -0.39 is 17.1 Å². The average Bonchev–Trinajstić information content (AvgIpc) is 2.76. The molecule has 0 N–H and O–H groups in total. The molecule has 31 heavy (non-hydrogen) atoms. The lowest BCUT2D eigenvalue weighted by Crippen LogP contribution is -2.37. The van der Waals surface area contributed by atoms with Gasteiger partial charge in [0.05, 0.1) is 16.6 Å². The molecular weight excluding hydrogens is 419 g/mol. The van der Waals surface area contributed by atoms with Crippen LogP contribution < -0.4 is 16.8 Å². The molecule has 0 unspecified atom stereocenters. The molecule has 0 saturated heterocycles. The Labute approximate surface area is 180 Å². The minimum absolute atomic E-state index is 0.223. The van der Waals surface area contributed by atoms with Crippen molar-refractivity contribution in [3.8, 4) is 5.69 Å². The van der Waals surface area contributed by atoms with Gasteiger partial charge < -0.3 is 0 Å². The summed E-state index contributed by atoms with van der Waals surface area (Å²) < 4.78 is 18.0. The zero-order chi connectivity index (χ0) is 22.3. The number of benzene rings is 2. The maximum absolute atomic E-state index is 14.3. The van der Waals surface area contributed by atoms with Crippen molar-refractivity contribution in [1.29, 1.82) is 0 Å². The molecule has 0 spiro atoms. The van der Waals surface area contributed by atoms with Gasteiger partial charge >= 0.3 is 5.69 Å². The molecule has 2 aromatic heterocycles. The molecule has 0 radical (unpaired) electrons. The summed E-state index contributed by atoms with van der Waals surface area (Å²) in [5.41, 5.74) is 0.644.